The van der Waals surface area contributed by atoms with Gasteiger partial charge in [0.05, 0.1) is 5.92 Å². The number of anilines is 1. The highest BCUT2D eigenvalue weighted by Crippen LogP contribution is 2.22. The van der Waals surface area contributed by atoms with Crippen molar-refractivity contribution in [1.82, 2.24) is 19.8 Å². The molecule has 0 radical (unpaired) electrons. The van der Waals surface area contributed by atoms with Crippen LogP contribution >= 0.6 is 0 Å². The van der Waals surface area contributed by atoms with E-state index in [0.29, 0.717) is 11.9 Å². The average Bonchev–Trinajstić information content (AvgIpc) is 2.67. The molecule has 0 aromatic carbocycles. The molecule has 0 bridgehead atoms. The van der Waals surface area contributed by atoms with Crippen molar-refractivity contribution in [3.8, 4) is 0 Å². The molecule has 2 aliphatic rings. The number of carbonyl (C=O) groups excluding carboxylic acids is 1. The summed E-state index contributed by atoms with van der Waals surface area (Å²) >= 11 is 0. The lowest BCUT2D eigenvalue weighted by Crippen LogP contribution is -2.53. The fourth-order valence-electron chi connectivity index (χ4n) is 3.84. The van der Waals surface area contributed by atoms with Crippen LogP contribution in [0.3, 0.4) is 0 Å². The van der Waals surface area contributed by atoms with Gasteiger partial charge in [0.2, 0.25) is 5.91 Å². The van der Waals surface area contributed by atoms with Gasteiger partial charge in [-0.2, -0.15) is 0 Å². The Balaban J connectivity index is 1.55. The predicted molar refractivity (Wildman–Crippen MR) is 99.6 cm³/mol. The molecule has 1 aromatic rings. The van der Waals surface area contributed by atoms with Crippen LogP contribution < -0.4 is 4.90 Å². The number of aryl methyl sites for hydroxylation is 1. The van der Waals surface area contributed by atoms with Crippen LogP contribution in [0.15, 0.2) is 12.4 Å². The third kappa shape index (κ3) is 4.29. The standard InChI is InChI=1S/C19H31N5O/c1-4-17-12-18(21-14-20-17)22-8-10-23(11-9-22)19(25)16-6-5-7-24(13-16)15(2)3/h12,14-16H,4-11,13H2,1-3H3/t16-/m0/s1. The Morgan fingerprint density at radius 3 is 2.64 bits per heavy atom. The molecule has 0 spiro atoms. The monoisotopic (exact) mass is 345 g/mol. The van der Waals surface area contributed by atoms with E-state index < -0.39 is 0 Å². The first-order chi connectivity index (χ1) is 12.1. The van der Waals surface area contributed by atoms with Crippen molar-refractivity contribution < 1.29 is 4.79 Å². The highest BCUT2D eigenvalue weighted by Gasteiger charge is 2.31. The topological polar surface area (TPSA) is 52.6 Å². The van der Waals surface area contributed by atoms with Crippen LogP contribution in [0.5, 0.6) is 0 Å². The number of likely N-dealkylation sites (tertiary alicyclic amines) is 1. The molecule has 3 heterocycles. The van der Waals surface area contributed by atoms with E-state index in [1.807, 2.05) is 0 Å². The lowest BCUT2D eigenvalue weighted by atomic mass is 9.95. The average molecular weight is 345 g/mol. The maximum absolute atomic E-state index is 12.9. The van der Waals surface area contributed by atoms with Gasteiger partial charge in [-0.1, -0.05) is 6.92 Å². The van der Waals surface area contributed by atoms with E-state index in [1.165, 1.54) is 0 Å². The summed E-state index contributed by atoms with van der Waals surface area (Å²) in [6, 6.07) is 2.59. The van der Waals surface area contributed by atoms with Crippen LogP contribution in [0.1, 0.15) is 39.3 Å². The number of nitrogens with zero attached hydrogens (tertiary/aromatic N) is 5. The number of rotatable bonds is 4. The molecule has 2 saturated heterocycles. The summed E-state index contributed by atoms with van der Waals surface area (Å²) in [5, 5.41) is 0. The van der Waals surface area contributed by atoms with Gasteiger partial charge in [0.15, 0.2) is 0 Å². The first kappa shape index (κ1) is 18.1. The Morgan fingerprint density at radius 2 is 1.96 bits per heavy atom. The number of piperazine rings is 1. The van der Waals surface area contributed by atoms with Gasteiger partial charge in [-0.3, -0.25) is 4.79 Å². The maximum atomic E-state index is 12.9. The van der Waals surface area contributed by atoms with E-state index in [0.717, 1.165) is 70.0 Å². The van der Waals surface area contributed by atoms with Crippen LogP contribution in [0.4, 0.5) is 5.82 Å². The normalized spacial score (nSPS) is 22.5. The van der Waals surface area contributed by atoms with Crippen molar-refractivity contribution in [1.29, 1.82) is 0 Å². The van der Waals surface area contributed by atoms with Crippen LogP contribution in [0.2, 0.25) is 0 Å². The number of amides is 1. The third-order valence-electron chi connectivity index (χ3n) is 5.52. The van der Waals surface area contributed by atoms with Crippen molar-refractivity contribution in [3.63, 3.8) is 0 Å². The highest BCUT2D eigenvalue weighted by molar-refractivity contribution is 5.79. The number of hydrogen-bond acceptors (Lipinski definition) is 5. The molecule has 6 nitrogen and oxygen atoms in total. The first-order valence-corrected chi connectivity index (χ1v) is 9.67. The Kier molecular flexibility index (Phi) is 5.89. The predicted octanol–water partition coefficient (Wildman–Crippen LogP) is 1.81. The third-order valence-corrected chi connectivity index (χ3v) is 5.52. The summed E-state index contributed by atoms with van der Waals surface area (Å²) in [6.45, 7) is 11.9. The molecule has 1 atom stereocenters. The van der Waals surface area contributed by atoms with Gasteiger partial charge < -0.3 is 14.7 Å². The second kappa shape index (κ2) is 8.13. The van der Waals surface area contributed by atoms with Gasteiger partial charge in [0, 0.05) is 50.5 Å². The zero-order chi connectivity index (χ0) is 17.8. The van der Waals surface area contributed by atoms with Gasteiger partial charge in [-0.25, -0.2) is 9.97 Å². The van der Waals surface area contributed by atoms with Crippen LogP contribution in [0, 0.1) is 5.92 Å². The Morgan fingerprint density at radius 1 is 1.20 bits per heavy atom. The Labute approximate surface area is 151 Å². The maximum Gasteiger partial charge on any atom is 0.227 e. The van der Waals surface area contributed by atoms with E-state index in [4.69, 9.17) is 0 Å². The molecule has 1 amide bonds. The highest BCUT2D eigenvalue weighted by atomic mass is 16.2. The summed E-state index contributed by atoms with van der Waals surface area (Å²) in [5.74, 6) is 1.51. The molecule has 0 aliphatic carbocycles. The van der Waals surface area contributed by atoms with Crippen molar-refractivity contribution in [3.05, 3.63) is 18.1 Å². The van der Waals surface area contributed by atoms with Gasteiger partial charge >= 0.3 is 0 Å². The van der Waals surface area contributed by atoms with E-state index >= 15 is 0 Å². The molecule has 138 valence electrons. The van der Waals surface area contributed by atoms with Crippen LogP contribution in [-0.2, 0) is 11.2 Å². The van der Waals surface area contributed by atoms with E-state index in [2.05, 4.69) is 51.5 Å². The first-order valence-electron chi connectivity index (χ1n) is 9.67. The lowest BCUT2D eigenvalue weighted by molar-refractivity contribution is -0.137. The van der Waals surface area contributed by atoms with Gasteiger partial charge in [-0.15, -0.1) is 0 Å². The fourth-order valence-corrected chi connectivity index (χ4v) is 3.84. The molecule has 2 aliphatic heterocycles. The SMILES string of the molecule is CCc1cc(N2CCN(C(=O)[C@H]3CCCN(C(C)C)C3)CC2)ncn1. The quantitative estimate of drug-likeness (QED) is 0.833. The van der Waals surface area contributed by atoms with Gasteiger partial charge in [0.25, 0.3) is 0 Å². The Hall–Kier alpha value is -1.69. The molecule has 6 heteroatoms. The second-order valence-electron chi connectivity index (χ2n) is 7.46. The zero-order valence-corrected chi connectivity index (χ0v) is 15.8. The molecule has 0 N–H and O–H groups in total. The fraction of sp³-hybridized carbons (Fsp3) is 0.737. The summed E-state index contributed by atoms with van der Waals surface area (Å²) in [6.07, 6.45) is 4.74. The number of hydrogen-bond donors (Lipinski definition) is 0. The van der Waals surface area contributed by atoms with E-state index in [-0.39, 0.29) is 5.92 Å². The van der Waals surface area contributed by atoms with Crippen molar-refractivity contribution in [2.45, 2.75) is 46.1 Å². The minimum Gasteiger partial charge on any atom is -0.353 e. The zero-order valence-electron chi connectivity index (χ0n) is 15.8. The minimum atomic E-state index is 0.174. The smallest absolute Gasteiger partial charge is 0.227 e. The number of aromatic nitrogens is 2. The number of carbonyl (C=O) groups is 1. The Bertz CT molecular complexity index is 583. The van der Waals surface area contributed by atoms with E-state index in [1.54, 1.807) is 6.33 Å². The summed E-state index contributed by atoms with van der Waals surface area (Å²) in [4.78, 5) is 28.4. The summed E-state index contributed by atoms with van der Waals surface area (Å²) in [5.41, 5.74) is 1.07. The molecule has 25 heavy (non-hydrogen) atoms. The van der Waals surface area contributed by atoms with E-state index in [9.17, 15) is 4.79 Å². The van der Waals surface area contributed by atoms with Crippen molar-refractivity contribution >= 4 is 11.7 Å². The molecule has 3 rings (SSSR count). The molecular formula is C19H31N5O. The second-order valence-corrected chi connectivity index (χ2v) is 7.46. The largest absolute Gasteiger partial charge is 0.353 e. The van der Waals surface area contributed by atoms with Crippen LogP contribution in [0.25, 0.3) is 0 Å². The molecule has 2 fully saturated rings. The summed E-state index contributed by atoms with van der Waals surface area (Å²) < 4.78 is 0. The molecule has 0 saturated carbocycles. The minimum absolute atomic E-state index is 0.174. The van der Waals surface area contributed by atoms with Crippen molar-refractivity contribution in [2.75, 3.05) is 44.2 Å². The number of piperidine rings is 1. The molecule has 1 aromatic heterocycles. The molecular weight excluding hydrogens is 314 g/mol. The molecule has 0 unspecified atom stereocenters. The lowest BCUT2D eigenvalue weighted by Gasteiger charge is -2.40. The van der Waals surface area contributed by atoms with Crippen molar-refractivity contribution in [2.24, 2.45) is 5.92 Å². The van der Waals surface area contributed by atoms with Gasteiger partial charge in [0.1, 0.15) is 12.1 Å². The van der Waals surface area contributed by atoms with Gasteiger partial charge in [-0.05, 0) is 39.7 Å². The van der Waals surface area contributed by atoms with Crippen LogP contribution in [-0.4, -0.2) is 71.0 Å². The summed E-state index contributed by atoms with van der Waals surface area (Å²) in [7, 11) is 0.